The van der Waals surface area contributed by atoms with Gasteiger partial charge < -0.3 is 30.2 Å². The Balaban J connectivity index is 1.46. The molecule has 0 spiro atoms. The second-order valence-electron chi connectivity index (χ2n) is 7.54. The van der Waals surface area contributed by atoms with Crippen LogP contribution in [0.5, 0.6) is 17.2 Å². The predicted octanol–water partition coefficient (Wildman–Crippen LogP) is 3.05. The van der Waals surface area contributed by atoms with E-state index in [9.17, 15) is 9.59 Å². The van der Waals surface area contributed by atoms with Crippen molar-refractivity contribution in [2.45, 2.75) is 12.7 Å². The van der Waals surface area contributed by atoms with Crippen molar-refractivity contribution in [2.75, 3.05) is 18.7 Å². The third-order valence-corrected chi connectivity index (χ3v) is 5.39. The van der Waals surface area contributed by atoms with Crippen LogP contribution in [0.1, 0.15) is 27.7 Å². The molecule has 2 aliphatic rings. The number of anilines is 1. The van der Waals surface area contributed by atoms with Crippen LogP contribution in [0.2, 0.25) is 0 Å². The van der Waals surface area contributed by atoms with Gasteiger partial charge in [0.1, 0.15) is 11.9 Å². The number of nitrogens with zero attached hydrogens (tertiary/aromatic N) is 1. The first-order valence-corrected chi connectivity index (χ1v) is 10.1. The molecule has 5 rings (SSSR count). The Kier molecular flexibility index (Phi) is 5.03. The largest absolute Gasteiger partial charge is 0.484 e. The zero-order valence-electron chi connectivity index (χ0n) is 17.1. The number of rotatable bonds is 6. The molecule has 0 unspecified atom stereocenters. The summed E-state index contributed by atoms with van der Waals surface area (Å²) in [4.78, 5) is 26.2. The van der Waals surface area contributed by atoms with E-state index in [0.717, 1.165) is 16.8 Å². The van der Waals surface area contributed by atoms with Gasteiger partial charge in [0.05, 0.1) is 5.56 Å². The van der Waals surface area contributed by atoms with E-state index in [1.165, 1.54) is 0 Å². The van der Waals surface area contributed by atoms with E-state index in [1.54, 1.807) is 17.0 Å². The molecule has 2 heterocycles. The molecule has 0 aromatic heterocycles. The quantitative estimate of drug-likeness (QED) is 0.622. The number of ether oxygens (including phenoxy) is 3. The summed E-state index contributed by atoms with van der Waals surface area (Å²) in [5.74, 6) is 1.28. The van der Waals surface area contributed by atoms with Crippen molar-refractivity contribution in [1.29, 1.82) is 0 Å². The van der Waals surface area contributed by atoms with Crippen molar-refractivity contribution in [2.24, 2.45) is 5.73 Å². The first-order chi connectivity index (χ1) is 15.6. The molecule has 0 aliphatic carbocycles. The molecule has 0 saturated heterocycles. The lowest BCUT2D eigenvalue weighted by Gasteiger charge is -2.38. The third kappa shape index (κ3) is 3.78. The van der Waals surface area contributed by atoms with Gasteiger partial charge in [-0.2, -0.15) is 0 Å². The Labute approximate surface area is 184 Å². The van der Waals surface area contributed by atoms with E-state index in [1.807, 2.05) is 54.6 Å². The summed E-state index contributed by atoms with van der Waals surface area (Å²) in [6, 6.07) is 20.4. The second-order valence-corrected chi connectivity index (χ2v) is 7.54. The number of nitrogens with two attached hydrogens (primary N) is 1. The van der Waals surface area contributed by atoms with E-state index < -0.39 is 12.1 Å². The number of carbonyl (C=O) groups is 2. The standard InChI is InChI=1S/C24H21N3O5/c25-22(28)13-30-17-8-6-16(7-9-17)23-26-19-4-2-1-3-18(19)24(29)27(23)12-15-5-10-20-21(11-15)32-14-31-20/h1-11,23,26H,12-14H2,(H2,25,28)/t23-/m0/s1. The highest BCUT2D eigenvalue weighted by atomic mass is 16.7. The lowest BCUT2D eigenvalue weighted by molar-refractivity contribution is -0.119. The van der Waals surface area contributed by atoms with Crippen molar-refractivity contribution >= 4 is 17.5 Å². The summed E-state index contributed by atoms with van der Waals surface area (Å²) in [7, 11) is 0. The summed E-state index contributed by atoms with van der Waals surface area (Å²) in [6.45, 7) is 0.383. The molecule has 3 aromatic rings. The van der Waals surface area contributed by atoms with Gasteiger partial charge in [-0.3, -0.25) is 9.59 Å². The van der Waals surface area contributed by atoms with Gasteiger partial charge >= 0.3 is 0 Å². The summed E-state index contributed by atoms with van der Waals surface area (Å²) >= 11 is 0. The van der Waals surface area contributed by atoms with Crippen molar-refractivity contribution in [3.63, 3.8) is 0 Å². The molecular formula is C24H21N3O5. The maximum atomic E-state index is 13.4. The summed E-state index contributed by atoms with van der Waals surface area (Å²) in [5.41, 5.74) is 8.33. The van der Waals surface area contributed by atoms with Gasteiger partial charge in [-0.05, 0) is 47.5 Å². The fraction of sp³-hybridized carbons (Fsp3) is 0.167. The number of hydrogen-bond donors (Lipinski definition) is 2. The molecule has 0 saturated carbocycles. The number of carbonyl (C=O) groups excluding carboxylic acids is 2. The van der Waals surface area contributed by atoms with Crippen LogP contribution in [0.3, 0.4) is 0 Å². The second kappa shape index (κ2) is 8.14. The molecule has 162 valence electrons. The van der Waals surface area contributed by atoms with Crippen molar-refractivity contribution in [1.82, 2.24) is 4.90 Å². The highest BCUT2D eigenvalue weighted by Gasteiger charge is 2.33. The van der Waals surface area contributed by atoms with E-state index in [-0.39, 0.29) is 19.3 Å². The number of amides is 2. The minimum absolute atomic E-state index is 0.0731. The third-order valence-electron chi connectivity index (χ3n) is 5.39. The molecule has 0 bridgehead atoms. The van der Waals surface area contributed by atoms with E-state index in [4.69, 9.17) is 19.9 Å². The SMILES string of the molecule is NC(=O)COc1ccc([C@H]2Nc3ccccc3C(=O)N2Cc2ccc3c(c2)OCO3)cc1. The zero-order valence-corrected chi connectivity index (χ0v) is 17.1. The van der Waals surface area contributed by atoms with Crippen LogP contribution in [-0.4, -0.2) is 30.1 Å². The molecule has 0 fully saturated rings. The number of benzene rings is 3. The van der Waals surface area contributed by atoms with Crippen molar-refractivity contribution in [3.8, 4) is 17.2 Å². The van der Waals surface area contributed by atoms with Gasteiger partial charge in [0.2, 0.25) is 6.79 Å². The van der Waals surface area contributed by atoms with Gasteiger partial charge in [0, 0.05) is 12.2 Å². The van der Waals surface area contributed by atoms with Gasteiger partial charge in [0.15, 0.2) is 18.1 Å². The van der Waals surface area contributed by atoms with Crippen LogP contribution >= 0.6 is 0 Å². The summed E-state index contributed by atoms with van der Waals surface area (Å²) < 4.78 is 16.2. The molecule has 0 radical (unpaired) electrons. The Morgan fingerprint density at radius 2 is 1.84 bits per heavy atom. The zero-order chi connectivity index (χ0) is 22.1. The molecule has 32 heavy (non-hydrogen) atoms. The highest BCUT2D eigenvalue weighted by Crippen LogP contribution is 2.37. The van der Waals surface area contributed by atoms with Crippen molar-refractivity contribution in [3.05, 3.63) is 83.4 Å². The molecule has 2 amide bonds. The first-order valence-electron chi connectivity index (χ1n) is 10.1. The van der Waals surface area contributed by atoms with Crippen molar-refractivity contribution < 1.29 is 23.8 Å². The lowest BCUT2D eigenvalue weighted by atomic mass is 10.0. The van der Waals surface area contributed by atoms with Crippen LogP contribution in [-0.2, 0) is 11.3 Å². The Bertz CT molecular complexity index is 1180. The predicted molar refractivity (Wildman–Crippen MR) is 116 cm³/mol. The molecule has 1 atom stereocenters. The number of nitrogens with one attached hydrogen (secondary N) is 1. The number of para-hydroxylation sites is 1. The molecule has 2 aliphatic heterocycles. The lowest BCUT2D eigenvalue weighted by Crippen LogP contribution is -2.42. The Morgan fingerprint density at radius 3 is 2.66 bits per heavy atom. The van der Waals surface area contributed by atoms with Crippen LogP contribution in [0, 0.1) is 0 Å². The Morgan fingerprint density at radius 1 is 1.06 bits per heavy atom. The monoisotopic (exact) mass is 431 g/mol. The topological polar surface area (TPSA) is 103 Å². The van der Waals surface area contributed by atoms with Gasteiger partial charge in [0.25, 0.3) is 11.8 Å². The van der Waals surface area contributed by atoms with Gasteiger partial charge in [-0.15, -0.1) is 0 Å². The van der Waals surface area contributed by atoms with Crippen LogP contribution < -0.4 is 25.3 Å². The highest BCUT2D eigenvalue weighted by molar-refractivity contribution is 6.01. The molecular weight excluding hydrogens is 410 g/mol. The fourth-order valence-electron chi connectivity index (χ4n) is 3.86. The maximum absolute atomic E-state index is 13.4. The van der Waals surface area contributed by atoms with Gasteiger partial charge in [-0.1, -0.05) is 30.3 Å². The maximum Gasteiger partial charge on any atom is 0.258 e. The number of hydrogen-bond acceptors (Lipinski definition) is 6. The number of primary amides is 1. The molecule has 3 N–H and O–H groups in total. The van der Waals surface area contributed by atoms with Gasteiger partial charge in [-0.25, -0.2) is 0 Å². The van der Waals surface area contributed by atoms with E-state index in [2.05, 4.69) is 5.32 Å². The minimum Gasteiger partial charge on any atom is -0.484 e. The average molecular weight is 431 g/mol. The first kappa shape index (κ1) is 19.7. The van der Waals surface area contributed by atoms with E-state index >= 15 is 0 Å². The molecule has 8 heteroatoms. The number of fused-ring (bicyclic) bond motifs is 2. The van der Waals surface area contributed by atoms with Crippen LogP contribution in [0.4, 0.5) is 5.69 Å². The normalized spacial score (nSPS) is 16.3. The van der Waals surface area contributed by atoms with E-state index in [0.29, 0.717) is 29.4 Å². The minimum atomic E-state index is -0.542. The van der Waals surface area contributed by atoms with Crippen LogP contribution in [0.15, 0.2) is 66.7 Å². The molecule has 8 nitrogen and oxygen atoms in total. The average Bonchev–Trinajstić information content (AvgIpc) is 3.28. The smallest absolute Gasteiger partial charge is 0.258 e. The summed E-state index contributed by atoms with van der Waals surface area (Å²) in [5, 5.41) is 3.47. The summed E-state index contributed by atoms with van der Waals surface area (Å²) in [6.07, 6.45) is -0.395. The fourth-order valence-corrected chi connectivity index (χ4v) is 3.86. The van der Waals surface area contributed by atoms with Crippen LogP contribution in [0.25, 0.3) is 0 Å². The Hall–Kier alpha value is -4.20. The molecule has 3 aromatic carbocycles.